The summed E-state index contributed by atoms with van der Waals surface area (Å²) in [6, 6.07) is 0. The largest absolute Gasteiger partial charge is 0.481 e. The fourth-order valence-electron chi connectivity index (χ4n) is 2.49. The molecule has 1 amide bonds. The molecule has 9 nitrogen and oxygen atoms in total. The highest BCUT2D eigenvalue weighted by Gasteiger charge is 2.28. The van der Waals surface area contributed by atoms with Crippen LogP contribution in [0, 0.1) is 11.8 Å². The Morgan fingerprint density at radius 1 is 1.12 bits per heavy atom. The third kappa shape index (κ3) is 7.29. The fourth-order valence-corrected chi connectivity index (χ4v) is 2.90. The van der Waals surface area contributed by atoms with Crippen molar-refractivity contribution >= 4 is 27.9 Å². The van der Waals surface area contributed by atoms with Crippen molar-refractivity contribution in [3.05, 3.63) is 0 Å². The molecule has 0 spiro atoms. The number of hydrogen-bond donors (Lipinski definition) is 2. The monoisotopic (exact) mass is 379 g/mol. The number of carboxylic acids is 1. The first kappa shape index (κ1) is 21.2. The van der Waals surface area contributed by atoms with Gasteiger partial charge in [0.05, 0.1) is 5.92 Å². The minimum Gasteiger partial charge on any atom is -0.481 e. The van der Waals surface area contributed by atoms with Crippen molar-refractivity contribution in [1.82, 2.24) is 5.32 Å². The van der Waals surface area contributed by atoms with Gasteiger partial charge in [0, 0.05) is 19.7 Å². The molecule has 0 bridgehead atoms. The van der Waals surface area contributed by atoms with Crippen LogP contribution >= 0.6 is 0 Å². The molecular weight excluding hydrogens is 354 g/mol. The Bertz CT molecular complexity index is 595. The Morgan fingerprint density at radius 2 is 1.68 bits per heavy atom. The smallest absolute Gasteiger partial charge is 0.410 e. The van der Waals surface area contributed by atoms with Crippen LogP contribution in [-0.2, 0) is 28.9 Å². The fraction of sp³-hybridized carbons (Fsp3) is 0.800. The minimum atomic E-state index is -3.58. The number of rotatable bonds is 7. The lowest BCUT2D eigenvalue weighted by Gasteiger charge is -2.26. The second-order valence-electron chi connectivity index (χ2n) is 6.32. The van der Waals surface area contributed by atoms with Gasteiger partial charge in [0.2, 0.25) is 6.29 Å². The Morgan fingerprint density at radius 3 is 2.16 bits per heavy atom. The third-order valence-electron chi connectivity index (χ3n) is 4.26. The summed E-state index contributed by atoms with van der Waals surface area (Å²) in [5.41, 5.74) is 0. The van der Waals surface area contributed by atoms with Crippen molar-refractivity contribution in [3.8, 4) is 0 Å². The van der Waals surface area contributed by atoms with Crippen LogP contribution in [0.5, 0.6) is 0 Å². The van der Waals surface area contributed by atoms with Crippen molar-refractivity contribution in [1.29, 1.82) is 0 Å². The molecule has 1 aliphatic rings. The van der Waals surface area contributed by atoms with E-state index >= 15 is 0 Å². The molecule has 0 aliphatic heterocycles. The molecule has 2 atom stereocenters. The van der Waals surface area contributed by atoms with Crippen LogP contribution in [-0.4, -0.2) is 55.9 Å². The Hall–Kier alpha value is -1.84. The summed E-state index contributed by atoms with van der Waals surface area (Å²) in [5.74, 6) is -1.93. The predicted octanol–water partition coefficient (Wildman–Crippen LogP) is 0.926. The molecule has 0 aromatic heterocycles. The molecule has 10 heteroatoms. The molecule has 25 heavy (non-hydrogen) atoms. The molecule has 0 saturated heterocycles. The maximum absolute atomic E-state index is 11.7. The average molecular weight is 379 g/mol. The SMILES string of the molecule is CC(OC(=O)NCC1CCC(C(=O)O)CC1)OC(=O)C(C)S(C)(=O)=O. The number of amides is 1. The lowest BCUT2D eigenvalue weighted by molar-refractivity contribution is -0.164. The van der Waals surface area contributed by atoms with Gasteiger partial charge in [0.25, 0.3) is 0 Å². The summed E-state index contributed by atoms with van der Waals surface area (Å²) in [6.45, 7) is 2.84. The Kier molecular flexibility index (Phi) is 7.65. The molecule has 144 valence electrons. The van der Waals surface area contributed by atoms with E-state index in [0.29, 0.717) is 32.2 Å². The van der Waals surface area contributed by atoms with Gasteiger partial charge in [0.15, 0.2) is 15.1 Å². The molecular formula is C15H25NO8S. The van der Waals surface area contributed by atoms with E-state index in [1.807, 2.05) is 0 Å². The van der Waals surface area contributed by atoms with Crippen molar-refractivity contribution in [2.24, 2.45) is 11.8 Å². The molecule has 1 fully saturated rings. The van der Waals surface area contributed by atoms with E-state index in [2.05, 4.69) is 5.32 Å². The summed E-state index contributed by atoms with van der Waals surface area (Å²) >= 11 is 0. The van der Waals surface area contributed by atoms with E-state index in [1.54, 1.807) is 0 Å². The number of esters is 1. The van der Waals surface area contributed by atoms with Gasteiger partial charge in [-0.2, -0.15) is 0 Å². The summed E-state index contributed by atoms with van der Waals surface area (Å²) in [4.78, 5) is 34.2. The van der Waals surface area contributed by atoms with Crippen molar-refractivity contribution < 1.29 is 37.4 Å². The van der Waals surface area contributed by atoms with E-state index in [-0.39, 0.29) is 11.8 Å². The van der Waals surface area contributed by atoms with Gasteiger partial charge in [-0.05, 0) is 38.5 Å². The van der Waals surface area contributed by atoms with Gasteiger partial charge >= 0.3 is 18.0 Å². The first-order valence-electron chi connectivity index (χ1n) is 8.07. The minimum absolute atomic E-state index is 0.172. The van der Waals surface area contributed by atoms with Gasteiger partial charge in [-0.3, -0.25) is 9.59 Å². The van der Waals surface area contributed by atoms with E-state index < -0.39 is 39.4 Å². The topological polar surface area (TPSA) is 136 Å². The highest BCUT2D eigenvalue weighted by Crippen LogP contribution is 2.28. The average Bonchev–Trinajstić information content (AvgIpc) is 2.51. The zero-order valence-electron chi connectivity index (χ0n) is 14.6. The van der Waals surface area contributed by atoms with Crippen LogP contribution in [0.3, 0.4) is 0 Å². The standard InChI is InChI=1S/C15H25NO8S/c1-9(25(3,21)22)14(19)23-10(2)24-15(20)16-8-11-4-6-12(7-5-11)13(17)18/h9-12H,4-8H2,1-3H3,(H,16,20)(H,17,18). The quantitative estimate of drug-likeness (QED) is 0.492. The number of ether oxygens (including phenoxy) is 2. The van der Waals surface area contributed by atoms with Gasteiger partial charge in [-0.1, -0.05) is 0 Å². The van der Waals surface area contributed by atoms with Crippen LogP contribution in [0.15, 0.2) is 0 Å². The van der Waals surface area contributed by atoms with E-state index in [4.69, 9.17) is 14.6 Å². The van der Waals surface area contributed by atoms with Crippen LogP contribution < -0.4 is 5.32 Å². The van der Waals surface area contributed by atoms with Crippen LogP contribution in [0.25, 0.3) is 0 Å². The van der Waals surface area contributed by atoms with Crippen molar-refractivity contribution in [2.45, 2.75) is 51.1 Å². The zero-order chi connectivity index (χ0) is 19.2. The number of sulfone groups is 1. The maximum Gasteiger partial charge on any atom is 0.410 e. The van der Waals surface area contributed by atoms with E-state index in [1.165, 1.54) is 13.8 Å². The van der Waals surface area contributed by atoms with Crippen LogP contribution in [0.4, 0.5) is 4.79 Å². The number of aliphatic carboxylic acids is 1. The third-order valence-corrected chi connectivity index (χ3v) is 5.74. The van der Waals surface area contributed by atoms with Crippen molar-refractivity contribution in [2.75, 3.05) is 12.8 Å². The highest BCUT2D eigenvalue weighted by atomic mass is 32.2. The maximum atomic E-state index is 11.7. The second-order valence-corrected chi connectivity index (χ2v) is 8.68. The summed E-state index contributed by atoms with van der Waals surface area (Å²) in [7, 11) is -3.58. The predicted molar refractivity (Wildman–Crippen MR) is 87.4 cm³/mol. The van der Waals surface area contributed by atoms with Crippen LogP contribution in [0.2, 0.25) is 0 Å². The molecule has 1 aliphatic carbocycles. The first-order chi connectivity index (χ1) is 11.5. The number of nitrogens with one attached hydrogen (secondary N) is 1. The molecule has 0 radical (unpaired) electrons. The number of carboxylic acid groups (broad SMARTS) is 1. The highest BCUT2D eigenvalue weighted by molar-refractivity contribution is 7.92. The van der Waals surface area contributed by atoms with Gasteiger partial charge < -0.3 is 19.9 Å². The number of alkyl carbamates (subject to hydrolysis) is 1. The molecule has 0 heterocycles. The Balaban J connectivity index is 2.30. The number of carbonyl (C=O) groups excluding carboxylic acids is 2. The Labute approximate surface area is 147 Å². The van der Waals surface area contributed by atoms with Gasteiger partial charge in [-0.15, -0.1) is 0 Å². The lowest BCUT2D eigenvalue weighted by atomic mass is 9.82. The summed E-state index contributed by atoms with van der Waals surface area (Å²) < 4.78 is 32.2. The molecule has 2 N–H and O–H groups in total. The number of hydrogen-bond acceptors (Lipinski definition) is 7. The molecule has 1 rings (SSSR count). The van der Waals surface area contributed by atoms with E-state index in [9.17, 15) is 22.8 Å². The molecule has 1 saturated carbocycles. The van der Waals surface area contributed by atoms with Crippen LogP contribution in [0.1, 0.15) is 39.5 Å². The first-order valence-corrected chi connectivity index (χ1v) is 10.0. The lowest BCUT2D eigenvalue weighted by Crippen LogP contribution is -2.37. The summed E-state index contributed by atoms with van der Waals surface area (Å²) in [5, 5.41) is 10.1. The molecule has 2 unspecified atom stereocenters. The van der Waals surface area contributed by atoms with Gasteiger partial charge in [0.1, 0.15) is 0 Å². The normalized spacial score (nSPS) is 23.2. The van der Waals surface area contributed by atoms with E-state index in [0.717, 1.165) is 6.26 Å². The summed E-state index contributed by atoms with van der Waals surface area (Å²) in [6.07, 6.45) is 1.46. The number of carbonyl (C=O) groups is 3. The zero-order valence-corrected chi connectivity index (χ0v) is 15.4. The molecule has 0 aromatic rings. The molecule has 0 aromatic carbocycles. The van der Waals surface area contributed by atoms with Crippen molar-refractivity contribution in [3.63, 3.8) is 0 Å². The second kappa shape index (κ2) is 9.02. The van der Waals surface area contributed by atoms with Gasteiger partial charge in [-0.25, -0.2) is 13.2 Å².